The highest BCUT2D eigenvalue weighted by atomic mass is 35.5. The minimum atomic E-state index is -0.491. The second kappa shape index (κ2) is 5.43. The molecule has 0 amide bonds. The lowest BCUT2D eigenvalue weighted by Gasteiger charge is -2.07. The Morgan fingerprint density at radius 1 is 1.39 bits per heavy atom. The summed E-state index contributed by atoms with van der Waals surface area (Å²) in [7, 11) is 0. The van der Waals surface area contributed by atoms with Gasteiger partial charge in [-0.25, -0.2) is 9.37 Å². The predicted molar refractivity (Wildman–Crippen MR) is 62.5 cm³/mol. The van der Waals surface area contributed by atoms with E-state index in [1.807, 2.05) is 6.07 Å². The van der Waals surface area contributed by atoms with Crippen LogP contribution in [0.4, 0.5) is 4.39 Å². The number of rotatable bonds is 3. The summed E-state index contributed by atoms with van der Waals surface area (Å²) in [6, 6.07) is 7.67. The number of hydrogen-bond donors (Lipinski definition) is 0. The van der Waals surface area contributed by atoms with Gasteiger partial charge >= 0.3 is 0 Å². The molecule has 0 bridgehead atoms. The first-order valence-electron chi connectivity index (χ1n) is 4.99. The van der Waals surface area contributed by atoms with E-state index in [4.69, 9.17) is 21.6 Å². The van der Waals surface area contributed by atoms with Crippen LogP contribution in [0.5, 0.6) is 5.88 Å². The Morgan fingerprint density at radius 3 is 2.94 bits per heavy atom. The smallest absolute Gasteiger partial charge is 0.225 e. The van der Waals surface area contributed by atoms with Crippen LogP contribution in [0.3, 0.4) is 0 Å². The number of hydrogen-bond acceptors (Lipinski definition) is 4. The first-order valence-corrected chi connectivity index (χ1v) is 5.37. The highest BCUT2D eigenvalue weighted by Crippen LogP contribution is 2.16. The molecular formula is C12H7ClFN3O. The van der Waals surface area contributed by atoms with Crippen LogP contribution in [0, 0.1) is 17.1 Å². The van der Waals surface area contributed by atoms with Crippen LogP contribution in [-0.2, 0) is 6.61 Å². The third-order valence-electron chi connectivity index (χ3n) is 2.20. The third-order valence-corrected chi connectivity index (χ3v) is 2.39. The number of aromatic nitrogens is 2. The van der Waals surface area contributed by atoms with E-state index in [9.17, 15) is 4.39 Å². The van der Waals surface area contributed by atoms with Crippen LogP contribution in [0.15, 0.2) is 30.5 Å². The standard InChI is InChI=1S/C12H7ClFN3O/c13-12-16-5-4-11(17-12)18-7-9-8(6-15)2-1-3-10(9)14/h1-5H,7H2. The molecule has 2 aromatic rings. The van der Waals surface area contributed by atoms with Crippen molar-refractivity contribution in [1.29, 1.82) is 5.26 Å². The van der Waals surface area contributed by atoms with E-state index in [0.717, 1.165) is 0 Å². The second-order valence-electron chi connectivity index (χ2n) is 3.33. The lowest BCUT2D eigenvalue weighted by atomic mass is 10.1. The van der Waals surface area contributed by atoms with Gasteiger partial charge in [0.2, 0.25) is 11.2 Å². The topological polar surface area (TPSA) is 58.8 Å². The SMILES string of the molecule is N#Cc1cccc(F)c1COc1ccnc(Cl)n1. The molecule has 0 fully saturated rings. The molecule has 0 unspecified atom stereocenters. The molecule has 0 saturated heterocycles. The van der Waals surface area contributed by atoms with Gasteiger partial charge in [-0.1, -0.05) is 6.07 Å². The van der Waals surface area contributed by atoms with Crippen LogP contribution < -0.4 is 4.74 Å². The average molecular weight is 264 g/mol. The number of halogens is 2. The van der Waals surface area contributed by atoms with E-state index in [1.165, 1.54) is 30.5 Å². The fraction of sp³-hybridized carbons (Fsp3) is 0.0833. The molecule has 0 aliphatic heterocycles. The van der Waals surface area contributed by atoms with Crippen LogP contribution >= 0.6 is 11.6 Å². The Labute approximate surface area is 108 Å². The molecule has 0 aliphatic rings. The van der Waals surface area contributed by atoms with E-state index < -0.39 is 5.82 Å². The van der Waals surface area contributed by atoms with Crippen LogP contribution in [0.2, 0.25) is 5.28 Å². The molecule has 1 aromatic carbocycles. The molecule has 90 valence electrons. The van der Waals surface area contributed by atoms with Gasteiger partial charge in [-0.2, -0.15) is 10.2 Å². The van der Waals surface area contributed by atoms with Gasteiger partial charge < -0.3 is 4.74 Å². The predicted octanol–water partition coefficient (Wildman–Crippen LogP) is 2.72. The molecule has 0 radical (unpaired) electrons. The molecule has 4 nitrogen and oxygen atoms in total. The number of nitrogens with zero attached hydrogens (tertiary/aromatic N) is 3. The van der Waals surface area contributed by atoms with E-state index >= 15 is 0 Å². The lowest BCUT2D eigenvalue weighted by molar-refractivity contribution is 0.287. The van der Waals surface area contributed by atoms with Crippen molar-refractivity contribution in [2.24, 2.45) is 0 Å². The van der Waals surface area contributed by atoms with Gasteiger partial charge in [0.25, 0.3) is 0 Å². The maximum absolute atomic E-state index is 13.5. The molecule has 1 heterocycles. The Balaban J connectivity index is 2.18. The lowest BCUT2D eigenvalue weighted by Crippen LogP contribution is -2.03. The number of benzene rings is 1. The monoisotopic (exact) mass is 263 g/mol. The van der Waals surface area contributed by atoms with Crippen molar-refractivity contribution in [2.75, 3.05) is 0 Å². The van der Waals surface area contributed by atoms with Crippen molar-refractivity contribution in [2.45, 2.75) is 6.61 Å². The maximum Gasteiger partial charge on any atom is 0.225 e. The summed E-state index contributed by atoms with van der Waals surface area (Å²) in [5.41, 5.74) is 0.421. The normalized spacial score (nSPS) is 9.83. The largest absolute Gasteiger partial charge is 0.473 e. The fourth-order valence-corrected chi connectivity index (χ4v) is 1.50. The summed E-state index contributed by atoms with van der Waals surface area (Å²) in [6.45, 7) is -0.0943. The van der Waals surface area contributed by atoms with Crippen LogP contribution in [-0.4, -0.2) is 9.97 Å². The summed E-state index contributed by atoms with van der Waals surface area (Å²) in [4.78, 5) is 7.49. The second-order valence-corrected chi connectivity index (χ2v) is 3.67. The zero-order chi connectivity index (χ0) is 13.0. The number of ether oxygens (including phenoxy) is 1. The Morgan fingerprint density at radius 2 is 2.22 bits per heavy atom. The molecule has 0 saturated carbocycles. The van der Waals surface area contributed by atoms with Gasteiger partial charge in [0, 0.05) is 17.8 Å². The summed E-state index contributed by atoms with van der Waals surface area (Å²) in [5.74, 6) is -0.267. The van der Waals surface area contributed by atoms with Crippen LogP contribution in [0.25, 0.3) is 0 Å². The Hall–Kier alpha value is -2.19. The molecule has 18 heavy (non-hydrogen) atoms. The zero-order valence-electron chi connectivity index (χ0n) is 9.10. The first-order chi connectivity index (χ1) is 8.70. The minimum absolute atomic E-state index is 0.0431. The van der Waals surface area contributed by atoms with Crippen LogP contribution in [0.1, 0.15) is 11.1 Å². The van der Waals surface area contributed by atoms with Crippen molar-refractivity contribution in [3.05, 3.63) is 52.7 Å². The molecule has 2 rings (SSSR count). The molecule has 0 aliphatic carbocycles. The highest BCUT2D eigenvalue weighted by Gasteiger charge is 2.09. The van der Waals surface area contributed by atoms with Crippen molar-refractivity contribution in [1.82, 2.24) is 9.97 Å². The van der Waals surface area contributed by atoms with Crippen molar-refractivity contribution < 1.29 is 9.13 Å². The van der Waals surface area contributed by atoms with E-state index in [0.29, 0.717) is 0 Å². The molecule has 0 spiro atoms. The average Bonchev–Trinajstić information content (AvgIpc) is 2.37. The molecule has 1 aromatic heterocycles. The Bertz CT molecular complexity index is 613. The van der Waals surface area contributed by atoms with Gasteiger partial charge in [0.05, 0.1) is 11.6 Å². The van der Waals surface area contributed by atoms with Gasteiger partial charge in [0.1, 0.15) is 12.4 Å². The fourth-order valence-electron chi connectivity index (χ4n) is 1.36. The van der Waals surface area contributed by atoms with Gasteiger partial charge in [0.15, 0.2) is 0 Å². The highest BCUT2D eigenvalue weighted by molar-refractivity contribution is 6.28. The first kappa shape index (κ1) is 12.3. The minimum Gasteiger partial charge on any atom is -0.473 e. The zero-order valence-corrected chi connectivity index (χ0v) is 9.86. The van der Waals surface area contributed by atoms with Gasteiger partial charge in [-0.05, 0) is 23.7 Å². The summed E-state index contributed by atoms with van der Waals surface area (Å²) in [5, 5.41) is 8.91. The Kier molecular flexibility index (Phi) is 3.70. The quantitative estimate of drug-likeness (QED) is 0.799. The molecular weight excluding hydrogens is 257 g/mol. The van der Waals surface area contributed by atoms with Crippen molar-refractivity contribution in [3.63, 3.8) is 0 Å². The van der Waals surface area contributed by atoms with Crippen molar-refractivity contribution in [3.8, 4) is 11.9 Å². The van der Waals surface area contributed by atoms with E-state index in [2.05, 4.69) is 9.97 Å². The van der Waals surface area contributed by atoms with Gasteiger partial charge in [-0.3, -0.25) is 0 Å². The summed E-state index contributed by atoms with van der Waals surface area (Å²) in [6.07, 6.45) is 1.43. The van der Waals surface area contributed by atoms with E-state index in [-0.39, 0.29) is 28.9 Å². The van der Waals surface area contributed by atoms with E-state index in [1.54, 1.807) is 0 Å². The third kappa shape index (κ3) is 2.73. The number of nitriles is 1. The van der Waals surface area contributed by atoms with Crippen molar-refractivity contribution >= 4 is 11.6 Å². The summed E-state index contributed by atoms with van der Waals surface area (Å²) >= 11 is 5.59. The maximum atomic E-state index is 13.5. The molecule has 0 atom stereocenters. The summed E-state index contributed by atoms with van der Waals surface area (Å²) < 4.78 is 18.8. The molecule has 0 N–H and O–H groups in total. The molecule has 6 heteroatoms. The van der Waals surface area contributed by atoms with Gasteiger partial charge in [-0.15, -0.1) is 0 Å².